The summed E-state index contributed by atoms with van der Waals surface area (Å²) in [4.78, 5) is 24.1. The summed E-state index contributed by atoms with van der Waals surface area (Å²) < 4.78 is 11.5. The van der Waals surface area contributed by atoms with Crippen molar-refractivity contribution in [2.75, 3.05) is 6.61 Å². The quantitative estimate of drug-likeness (QED) is 0.419. The predicted molar refractivity (Wildman–Crippen MR) is 76.3 cm³/mol. The molecule has 5 nitrogen and oxygen atoms in total. The van der Waals surface area contributed by atoms with Crippen molar-refractivity contribution in [1.29, 1.82) is 0 Å². The third-order valence-electron chi connectivity index (χ3n) is 4.52. The summed E-state index contributed by atoms with van der Waals surface area (Å²) in [7, 11) is -1.70. The number of rotatable bonds is 5. The Bertz CT molecular complexity index is 396. The summed E-state index contributed by atoms with van der Waals surface area (Å²) in [5.41, 5.74) is 0. The highest BCUT2D eigenvalue weighted by atomic mass is 28.4. The lowest BCUT2D eigenvalue weighted by molar-refractivity contribution is -0.129. The van der Waals surface area contributed by atoms with Crippen LogP contribution in [0.1, 0.15) is 20.8 Å². The van der Waals surface area contributed by atoms with Crippen LogP contribution in [-0.4, -0.2) is 57.5 Å². The Morgan fingerprint density at radius 1 is 1.47 bits per heavy atom. The van der Waals surface area contributed by atoms with Gasteiger partial charge in [-0.15, -0.1) is 0 Å². The van der Waals surface area contributed by atoms with Gasteiger partial charge in [0.1, 0.15) is 12.3 Å². The SMILES string of the molecule is CC(C)(C)[Si](C)(C)OC[C@@H]1C2OC2C(=O)N1BC=O. The van der Waals surface area contributed by atoms with E-state index >= 15 is 0 Å². The minimum absolute atomic E-state index is 0.0686. The maximum absolute atomic E-state index is 11.9. The molecule has 2 aliphatic rings. The van der Waals surface area contributed by atoms with Crippen molar-refractivity contribution < 1.29 is 18.8 Å². The van der Waals surface area contributed by atoms with Crippen molar-refractivity contribution >= 4 is 27.8 Å². The highest BCUT2D eigenvalue weighted by molar-refractivity contribution is 6.74. The first kappa shape index (κ1) is 14.7. The van der Waals surface area contributed by atoms with Crippen LogP contribution in [0.5, 0.6) is 0 Å². The molecule has 0 N–H and O–H groups in total. The summed E-state index contributed by atoms with van der Waals surface area (Å²) in [6.45, 7) is 11.4. The molecular formula is C12H22BNO4Si. The number of amides is 1. The fourth-order valence-corrected chi connectivity index (χ4v) is 3.14. The molecule has 19 heavy (non-hydrogen) atoms. The van der Waals surface area contributed by atoms with Crippen LogP contribution in [0.4, 0.5) is 0 Å². The fraction of sp³-hybridized carbons (Fsp3) is 0.833. The second-order valence-electron chi connectivity index (χ2n) is 6.82. The number of carbonyl (C=O) groups is 2. The van der Waals surface area contributed by atoms with Crippen molar-refractivity contribution in [3.63, 3.8) is 0 Å². The fourth-order valence-electron chi connectivity index (χ4n) is 2.12. The predicted octanol–water partition coefficient (Wildman–Crippen LogP) is 0.528. The number of nitrogens with zero attached hydrogens (tertiary/aromatic N) is 1. The summed E-state index contributed by atoms with van der Waals surface area (Å²) >= 11 is 0. The Morgan fingerprint density at radius 2 is 2.11 bits per heavy atom. The van der Waals surface area contributed by atoms with Gasteiger partial charge in [-0.2, -0.15) is 0 Å². The topological polar surface area (TPSA) is 59.1 Å². The minimum Gasteiger partial charge on any atom is -0.415 e. The number of ether oxygens (including phenoxy) is 1. The molecule has 0 aromatic heterocycles. The molecule has 0 aromatic carbocycles. The number of epoxide rings is 1. The van der Waals surface area contributed by atoms with Crippen molar-refractivity contribution in [3.8, 4) is 0 Å². The lowest BCUT2D eigenvalue weighted by Crippen LogP contribution is -2.49. The molecule has 3 atom stereocenters. The van der Waals surface area contributed by atoms with E-state index in [1.165, 1.54) is 0 Å². The molecule has 0 aliphatic carbocycles. The lowest BCUT2D eigenvalue weighted by atomic mass is 9.93. The molecule has 2 unspecified atom stereocenters. The van der Waals surface area contributed by atoms with Crippen LogP contribution in [0.3, 0.4) is 0 Å². The first-order valence-corrected chi connectivity index (χ1v) is 9.63. The molecule has 2 heterocycles. The van der Waals surface area contributed by atoms with E-state index in [0.717, 1.165) is 6.19 Å². The molecule has 0 spiro atoms. The van der Waals surface area contributed by atoms with Gasteiger partial charge in [-0.25, -0.2) is 0 Å². The average molecular weight is 283 g/mol. The molecule has 106 valence electrons. The minimum atomic E-state index is -1.84. The number of fused-ring (bicyclic) bond motifs is 1. The van der Waals surface area contributed by atoms with E-state index in [1.807, 2.05) is 0 Å². The number of hydrogen-bond acceptors (Lipinski definition) is 4. The third-order valence-corrected chi connectivity index (χ3v) is 9.02. The van der Waals surface area contributed by atoms with Gasteiger partial charge in [0, 0.05) is 0 Å². The monoisotopic (exact) mass is 283 g/mol. The van der Waals surface area contributed by atoms with Gasteiger partial charge >= 0.3 is 7.41 Å². The van der Waals surface area contributed by atoms with E-state index in [0.29, 0.717) is 6.61 Å². The Labute approximate surface area is 116 Å². The van der Waals surface area contributed by atoms with Crippen molar-refractivity contribution in [3.05, 3.63) is 0 Å². The summed E-state index contributed by atoms with van der Waals surface area (Å²) in [5, 5.41) is 0.134. The van der Waals surface area contributed by atoms with Gasteiger partial charge in [0.2, 0.25) is 5.91 Å². The van der Waals surface area contributed by atoms with Crippen LogP contribution in [0, 0.1) is 0 Å². The molecule has 1 amide bonds. The van der Waals surface area contributed by atoms with Gasteiger partial charge in [0.25, 0.3) is 0 Å². The van der Waals surface area contributed by atoms with Crippen LogP contribution in [0.15, 0.2) is 0 Å². The normalized spacial score (nSPS) is 30.3. The molecule has 2 saturated heterocycles. The van der Waals surface area contributed by atoms with E-state index in [1.54, 1.807) is 4.81 Å². The van der Waals surface area contributed by atoms with Crippen molar-refractivity contribution in [1.82, 2.24) is 4.81 Å². The number of carbonyl (C=O) groups excluding carboxylic acids is 2. The molecule has 0 aromatic rings. The average Bonchev–Trinajstić information content (AvgIpc) is 3.01. The zero-order chi connectivity index (χ0) is 14.4. The maximum Gasteiger partial charge on any atom is 0.313 e. The maximum atomic E-state index is 11.9. The van der Waals surface area contributed by atoms with Crippen molar-refractivity contribution in [2.45, 2.75) is 57.2 Å². The summed E-state index contributed by atoms with van der Waals surface area (Å²) in [6.07, 6.45) is 0.368. The second-order valence-corrected chi connectivity index (χ2v) is 11.6. The van der Waals surface area contributed by atoms with Crippen LogP contribution in [0.2, 0.25) is 18.1 Å². The van der Waals surface area contributed by atoms with Gasteiger partial charge in [-0.1, -0.05) is 20.8 Å². The van der Waals surface area contributed by atoms with E-state index in [4.69, 9.17) is 9.16 Å². The zero-order valence-electron chi connectivity index (χ0n) is 12.3. The summed E-state index contributed by atoms with van der Waals surface area (Å²) in [5.74, 6) is -0.0686. The molecule has 0 saturated carbocycles. The largest absolute Gasteiger partial charge is 0.415 e. The smallest absolute Gasteiger partial charge is 0.313 e. The Morgan fingerprint density at radius 3 is 2.63 bits per heavy atom. The molecule has 2 fully saturated rings. The second kappa shape index (κ2) is 4.71. The van der Waals surface area contributed by atoms with Crippen LogP contribution in [-0.2, 0) is 18.8 Å². The van der Waals surface area contributed by atoms with Crippen LogP contribution < -0.4 is 0 Å². The summed E-state index contributed by atoms with van der Waals surface area (Å²) in [6, 6.07) is -0.100. The van der Waals surface area contributed by atoms with Gasteiger partial charge < -0.3 is 18.8 Å². The van der Waals surface area contributed by atoms with E-state index in [-0.39, 0.29) is 36.6 Å². The Kier molecular flexibility index (Phi) is 3.66. The first-order chi connectivity index (χ1) is 8.69. The van der Waals surface area contributed by atoms with Gasteiger partial charge in [0.15, 0.2) is 14.4 Å². The van der Waals surface area contributed by atoms with Crippen LogP contribution >= 0.6 is 0 Å². The van der Waals surface area contributed by atoms with E-state index < -0.39 is 8.32 Å². The Hall–Kier alpha value is -0.658. The van der Waals surface area contributed by atoms with Crippen LogP contribution in [0.25, 0.3) is 0 Å². The van der Waals surface area contributed by atoms with E-state index in [2.05, 4.69) is 33.9 Å². The standard InChI is InChI=1S/C12H22BNO4Si/c1-12(2,3)19(4,5)17-6-8-9-10(18-9)11(16)14(8)13-7-15/h7-10,13H,6H2,1-5H3/t8-,9?,10?/m1/s1. The molecule has 2 rings (SSSR count). The highest BCUT2D eigenvalue weighted by Crippen LogP contribution is 2.40. The molecule has 2 aliphatic heterocycles. The van der Waals surface area contributed by atoms with E-state index in [9.17, 15) is 9.59 Å². The third kappa shape index (κ3) is 2.64. The highest BCUT2D eigenvalue weighted by Gasteiger charge is 2.60. The molecule has 7 heteroatoms. The number of morpholine rings is 1. The zero-order valence-corrected chi connectivity index (χ0v) is 13.3. The molecular weight excluding hydrogens is 261 g/mol. The van der Waals surface area contributed by atoms with Crippen molar-refractivity contribution in [2.24, 2.45) is 0 Å². The molecule has 0 radical (unpaired) electrons. The molecule has 0 bridgehead atoms. The Balaban J connectivity index is 1.99. The first-order valence-electron chi connectivity index (χ1n) is 6.72. The lowest BCUT2D eigenvalue weighted by Gasteiger charge is -2.38. The van der Waals surface area contributed by atoms with Gasteiger partial charge in [-0.05, 0) is 18.1 Å². The number of hydrogen-bond donors (Lipinski definition) is 0. The van der Waals surface area contributed by atoms with Gasteiger partial charge in [-0.3, -0.25) is 4.79 Å². The van der Waals surface area contributed by atoms with Gasteiger partial charge in [0.05, 0.1) is 12.6 Å².